The SMILES string of the molecule is CS(=O)(=O)NC(=O)c1cc(F)c(COc2ccc(Cl)c(OC(F)(F)F)c2)cc1F. The first-order valence-electron chi connectivity index (χ1n) is 7.43. The lowest BCUT2D eigenvalue weighted by Gasteiger charge is -2.13. The summed E-state index contributed by atoms with van der Waals surface area (Å²) in [7, 11) is -3.99. The van der Waals surface area contributed by atoms with E-state index in [2.05, 4.69) is 4.74 Å². The highest BCUT2D eigenvalue weighted by atomic mass is 35.5. The van der Waals surface area contributed by atoms with Crippen LogP contribution in [0, 0.1) is 11.6 Å². The van der Waals surface area contributed by atoms with Gasteiger partial charge >= 0.3 is 6.36 Å². The number of carbonyl (C=O) groups excluding carboxylic acids is 1. The Labute approximate surface area is 166 Å². The van der Waals surface area contributed by atoms with Crippen molar-refractivity contribution in [3.05, 3.63) is 58.1 Å². The lowest BCUT2D eigenvalue weighted by atomic mass is 10.1. The molecule has 0 heterocycles. The molecule has 2 aromatic rings. The van der Waals surface area contributed by atoms with E-state index < -0.39 is 51.8 Å². The fourth-order valence-corrected chi connectivity index (χ4v) is 2.64. The smallest absolute Gasteiger partial charge is 0.489 e. The Morgan fingerprint density at radius 1 is 1.14 bits per heavy atom. The molecule has 0 radical (unpaired) electrons. The van der Waals surface area contributed by atoms with Crippen LogP contribution in [0.5, 0.6) is 11.5 Å². The number of halogens is 6. The van der Waals surface area contributed by atoms with E-state index in [-0.39, 0.29) is 16.3 Å². The molecule has 0 saturated heterocycles. The van der Waals surface area contributed by atoms with Gasteiger partial charge in [0.15, 0.2) is 5.75 Å². The van der Waals surface area contributed by atoms with E-state index in [1.165, 1.54) is 10.8 Å². The van der Waals surface area contributed by atoms with Crippen molar-refractivity contribution in [2.75, 3.05) is 6.26 Å². The molecule has 158 valence electrons. The second-order valence-electron chi connectivity index (χ2n) is 5.56. The molecule has 0 aliphatic heterocycles. The van der Waals surface area contributed by atoms with Gasteiger partial charge in [0.05, 0.1) is 16.8 Å². The van der Waals surface area contributed by atoms with E-state index in [4.69, 9.17) is 16.3 Å². The predicted octanol–water partition coefficient (Wildman–Crippen LogP) is 3.79. The molecule has 0 fully saturated rings. The molecule has 0 spiro atoms. The molecule has 13 heteroatoms. The van der Waals surface area contributed by atoms with Crippen LogP contribution >= 0.6 is 11.6 Å². The van der Waals surface area contributed by atoms with Crippen molar-refractivity contribution in [2.24, 2.45) is 0 Å². The van der Waals surface area contributed by atoms with E-state index in [0.29, 0.717) is 18.4 Å². The lowest BCUT2D eigenvalue weighted by molar-refractivity contribution is -0.274. The number of nitrogens with one attached hydrogen (secondary N) is 1. The summed E-state index contributed by atoms with van der Waals surface area (Å²) in [6.45, 7) is -0.621. The van der Waals surface area contributed by atoms with Gasteiger partial charge in [-0.2, -0.15) is 0 Å². The Kier molecular flexibility index (Phi) is 6.58. The van der Waals surface area contributed by atoms with Crippen molar-refractivity contribution >= 4 is 27.5 Å². The minimum Gasteiger partial charge on any atom is -0.489 e. The highest BCUT2D eigenvalue weighted by molar-refractivity contribution is 7.89. The van der Waals surface area contributed by atoms with Crippen LogP contribution in [0.4, 0.5) is 22.0 Å². The van der Waals surface area contributed by atoms with E-state index in [1.54, 1.807) is 0 Å². The zero-order valence-corrected chi connectivity index (χ0v) is 15.9. The number of rotatable bonds is 6. The molecule has 0 aliphatic carbocycles. The molecular weight excluding hydrogens is 449 g/mol. The van der Waals surface area contributed by atoms with Crippen LogP contribution < -0.4 is 14.2 Å². The molecule has 2 rings (SSSR count). The van der Waals surface area contributed by atoms with Crippen molar-refractivity contribution in [1.82, 2.24) is 4.72 Å². The van der Waals surface area contributed by atoms with Gasteiger partial charge in [0.25, 0.3) is 5.91 Å². The number of hydrogen-bond donors (Lipinski definition) is 1. The van der Waals surface area contributed by atoms with Crippen LogP contribution in [-0.4, -0.2) is 26.9 Å². The van der Waals surface area contributed by atoms with Crippen LogP contribution in [0.2, 0.25) is 5.02 Å². The minimum absolute atomic E-state index is 0.188. The predicted molar refractivity (Wildman–Crippen MR) is 91.1 cm³/mol. The molecule has 6 nitrogen and oxygen atoms in total. The molecule has 0 atom stereocenters. The first-order valence-corrected chi connectivity index (χ1v) is 9.70. The fraction of sp³-hybridized carbons (Fsp3) is 0.188. The normalized spacial score (nSPS) is 11.8. The Hall–Kier alpha value is -2.60. The zero-order valence-electron chi connectivity index (χ0n) is 14.3. The Bertz CT molecular complexity index is 1040. The third kappa shape index (κ3) is 6.75. The third-order valence-corrected chi connectivity index (χ3v) is 4.05. The van der Waals surface area contributed by atoms with Crippen molar-refractivity contribution in [3.8, 4) is 11.5 Å². The topological polar surface area (TPSA) is 81.7 Å². The molecule has 1 amide bonds. The standard InChI is InChI=1S/C16H11ClF5NO5S/c1-29(25,26)23-15(24)10-6-12(18)8(4-13(10)19)7-27-9-2-3-11(17)14(5-9)28-16(20,21)22/h2-6H,7H2,1H3,(H,23,24). The van der Waals surface area contributed by atoms with E-state index >= 15 is 0 Å². The van der Waals surface area contributed by atoms with Crippen LogP contribution in [0.15, 0.2) is 30.3 Å². The number of carbonyl (C=O) groups is 1. The lowest BCUT2D eigenvalue weighted by Crippen LogP contribution is -2.30. The maximum absolute atomic E-state index is 14.1. The first-order chi connectivity index (χ1) is 13.2. The van der Waals surface area contributed by atoms with Gasteiger partial charge in [-0.05, 0) is 24.3 Å². The number of amides is 1. The quantitative estimate of drug-likeness (QED) is 0.665. The minimum atomic E-state index is -5.00. The maximum Gasteiger partial charge on any atom is 0.573 e. The third-order valence-electron chi connectivity index (χ3n) is 3.18. The second kappa shape index (κ2) is 8.41. The van der Waals surface area contributed by atoms with Crippen LogP contribution in [0.3, 0.4) is 0 Å². The molecular formula is C16H11ClF5NO5S. The van der Waals surface area contributed by atoms with Crippen molar-refractivity contribution in [1.29, 1.82) is 0 Å². The van der Waals surface area contributed by atoms with Gasteiger partial charge < -0.3 is 9.47 Å². The second-order valence-corrected chi connectivity index (χ2v) is 7.71. The number of alkyl halides is 3. The van der Waals surface area contributed by atoms with Crippen molar-refractivity contribution in [2.45, 2.75) is 13.0 Å². The fourth-order valence-electron chi connectivity index (χ4n) is 2.03. The Balaban J connectivity index is 2.18. The summed E-state index contributed by atoms with van der Waals surface area (Å²) in [6, 6.07) is 4.09. The summed E-state index contributed by atoms with van der Waals surface area (Å²) >= 11 is 5.59. The number of benzene rings is 2. The van der Waals surface area contributed by atoms with E-state index in [0.717, 1.165) is 12.1 Å². The molecule has 0 aromatic heterocycles. The average Bonchev–Trinajstić information content (AvgIpc) is 2.55. The van der Waals surface area contributed by atoms with Gasteiger partial charge in [0, 0.05) is 11.6 Å². The van der Waals surface area contributed by atoms with Crippen LogP contribution in [0.1, 0.15) is 15.9 Å². The number of hydrogen-bond acceptors (Lipinski definition) is 5. The molecule has 29 heavy (non-hydrogen) atoms. The first kappa shape index (κ1) is 22.7. The molecule has 0 unspecified atom stereocenters. The maximum atomic E-state index is 14.1. The van der Waals surface area contributed by atoms with Gasteiger partial charge in [-0.15, -0.1) is 13.2 Å². The van der Waals surface area contributed by atoms with Crippen molar-refractivity contribution in [3.63, 3.8) is 0 Å². The average molecular weight is 460 g/mol. The van der Waals surface area contributed by atoms with Gasteiger partial charge in [-0.1, -0.05) is 11.6 Å². The van der Waals surface area contributed by atoms with Gasteiger partial charge in [0.1, 0.15) is 24.0 Å². The molecule has 0 saturated carbocycles. The highest BCUT2D eigenvalue weighted by Crippen LogP contribution is 2.33. The van der Waals surface area contributed by atoms with E-state index in [9.17, 15) is 35.2 Å². The Morgan fingerprint density at radius 2 is 1.79 bits per heavy atom. The summed E-state index contributed by atoms with van der Waals surface area (Å²) in [6.07, 6.45) is -4.34. The molecule has 0 bridgehead atoms. The zero-order chi connectivity index (χ0) is 22.0. The summed E-state index contributed by atoms with van der Waals surface area (Å²) in [5.74, 6) is -4.65. The number of ether oxygens (including phenoxy) is 2. The monoisotopic (exact) mass is 459 g/mol. The molecule has 2 aromatic carbocycles. The van der Waals surface area contributed by atoms with Gasteiger partial charge in [0.2, 0.25) is 10.0 Å². The summed E-state index contributed by atoms with van der Waals surface area (Å²) in [5.41, 5.74) is -1.24. The molecule has 0 aliphatic rings. The van der Waals surface area contributed by atoms with Crippen LogP contribution in [-0.2, 0) is 16.6 Å². The Morgan fingerprint density at radius 3 is 2.38 bits per heavy atom. The number of sulfonamides is 1. The molecule has 1 N–H and O–H groups in total. The summed E-state index contributed by atoms with van der Waals surface area (Å²) in [5, 5.41) is -0.354. The highest BCUT2D eigenvalue weighted by Gasteiger charge is 2.32. The van der Waals surface area contributed by atoms with Crippen LogP contribution in [0.25, 0.3) is 0 Å². The van der Waals surface area contributed by atoms with Crippen molar-refractivity contribution < 1.29 is 44.6 Å². The van der Waals surface area contributed by atoms with Gasteiger partial charge in [-0.3, -0.25) is 4.79 Å². The summed E-state index contributed by atoms with van der Waals surface area (Å²) < 4.78 is 97.5. The largest absolute Gasteiger partial charge is 0.573 e. The van der Waals surface area contributed by atoms with E-state index in [1.807, 2.05) is 0 Å². The summed E-state index contributed by atoms with van der Waals surface area (Å²) in [4.78, 5) is 11.7. The van der Waals surface area contributed by atoms with Gasteiger partial charge in [-0.25, -0.2) is 21.9 Å².